The van der Waals surface area contributed by atoms with Crippen LogP contribution >= 0.6 is 0 Å². The number of aliphatic hydroxyl groups excluding tert-OH is 1. The zero-order valence-electron chi connectivity index (χ0n) is 20.8. The van der Waals surface area contributed by atoms with E-state index in [1.807, 2.05) is 32.0 Å². The van der Waals surface area contributed by atoms with Gasteiger partial charge < -0.3 is 29.2 Å². The summed E-state index contributed by atoms with van der Waals surface area (Å²) in [5.74, 6) is 6.82. The van der Waals surface area contributed by atoms with Crippen molar-refractivity contribution in [1.29, 1.82) is 0 Å². The van der Waals surface area contributed by atoms with Gasteiger partial charge in [0.1, 0.15) is 18.3 Å². The van der Waals surface area contributed by atoms with Crippen LogP contribution in [0, 0.1) is 11.8 Å². The second-order valence-corrected chi connectivity index (χ2v) is 9.83. The van der Waals surface area contributed by atoms with Crippen LogP contribution in [0.4, 0.5) is 5.69 Å². The number of amides is 1. The Balaban J connectivity index is 1.44. The van der Waals surface area contributed by atoms with E-state index in [-0.39, 0.29) is 18.4 Å². The number of piperidine rings is 1. The van der Waals surface area contributed by atoms with Gasteiger partial charge in [-0.25, -0.2) is 0 Å². The zero-order chi connectivity index (χ0) is 25.7. The number of aldehydes is 2. The molecule has 2 aliphatic rings. The number of benzene rings is 2. The number of fused-ring (bicyclic) bond motifs is 1. The third-order valence-corrected chi connectivity index (χ3v) is 6.60. The SMILES string of the molecule is CC(C)(C#Cc1cccc(N2CCC(O)CC2)c1)Oc1ccc2c(c1)CN(C(C=O)CCC=O)C2=O. The summed E-state index contributed by atoms with van der Waals surface area (Å²) in [6.07, 6.45) is 3.37. The third kappa shape index (κ3) is 5.95. The lowest BCUT2D eigenvalue weighted by Crippen LogP contribution is -2.36. The van der Waals surface area contributed by atoms with E-state index >= 15 is 0 Å². The molecule has 1 unspecified atom stereocenters. The van der Waals surface area contributed by atoms with E-state index in [0.717, 1.165) is 55.3 Å². The minimum absolute atomic E-state index is 0.207. The van der Waals surface area contributed by atoms with Crippen LogP contribution in [0.1, 0.15) is 61.0 Å². The van der Waals surface area contributed by atoms with Crippen molar-refractivity contribution in [3.05, 3.63) is 59.2 Å². The maximum atomic E-state index is 12.8. The van der Waals surface area contributed by atoms with Gasteiger partial charge in [-0.2, -0.15) is 0 Å². The van der Waals surface area contributed by atoms with Crippen LogP contribution in [0.3, 0.4) is 0 Å². The number of nitrogens with zero attached hydrogens (tertiary/aromatic N) is 2. The van der Waals surface area contributed by atoms with Crippen molar-refractivity contribution in [2.75, 3.05) is 18.0 Å². The van der Waals surface area contributed by atoms with Crippen molar-refractivity contribution < 1.29 is 24.2 Å². The minimum atomic E-state index is -0.781. The zero-order valence-corrected chi connectivity index (χ0v) is 20.8. The molecule has 7 nitrogen and oxygen atoms in total. The molecular weight excluding hydrogens is 456 g/mol. The predicted octanol–water partition coefficient (Wildman–Crippen LogP) is 3.36. The van der Waals surface area contributed by atoms with Gasteiger partial charge in [0.2, 0.25) is 0 Å². The molecule has 0 saturated carbocycles. The molecule has 2 aliphatic heterocycles. The van der Waals surface area contributed by atoms with Crippen molar-refractivity contribution in [2.24, 2.45) is 0 Å². The van der Waals surface area contributed by atoms with Gasteiger partial charge in [-0.3, -0.25) is 4.79 Å². The Morgan fingerprint density at radius 2 is 1.94 bits per heavy atom. The number of hydrogen-bond acceptors (Lipinski definition) is 6. The molecule has 1 amide bonds. The van der Waals surface area contributed by atoms with Crippen LogP contribution in [0.5, 0.6) is 5.75 Å². The molecule has 2 aromatic rings. The average molecular weight is 489 g/mol. The molecule has 1 atom stereocenters. The quantitative estimate of drug-likeness (QED) is 0.453. The van der Waals surface area contributed by atoms with Crippen molar-refractivity contribution >= 4 is 24.2 Å². The number of aliphatic hydroxyl groups is 1. The standard InChI is InChI=1S/C29H32N2O5/c1-29(2,13-10-21-5-3-6-23(17-21)30-14-11-25(34)12-15-30)36-26-8-9-27-22(18-26)19-31(28(27)35)24(20-33)7-4-16-32/h3,5-6,8-9,16-18,20,24-25,34H,4,7,11-12,14-15,19H2,1-2H3. The molecule has 0 aliphatic carbocycles. The summed E-state index contributed by atoms with van der Waals surface area (Å²) in [6, 6.07) is 12.8. The highest BCUT2D eigenvalue weighted by Gasteiger charge is 2.33. The Hall–Kier alpha value is -3.63. The second kappa shape index (κ2) is 11.0. The van der Waals surface area contributed by atoms with Gasteiger partial charge >= 0.3 is 0 Å². The van der Waals surface area contributed by atoms with Crippen LogP contribution in [-0.4, -0.2) is 59.3 Å². The number of carbonyl (C=O) groups is 3. The predicted molar refractivity (Wildman–Crippen MR) is 137 cm³/mol. The molecule has 4 rings (SSSR count). The van der Waals surface area contributed by atoms with Crippen molar-refractivity contribution in [3.8, 4) is 17.6 Å². The van der Waals surface area contributed by atoms with Gasteiger partial charge in [-0.15, -0.1) is 0 Å². The van der Waals surface area contributed by atoms with Crippen molar-refractivity contribution in [1.82, 2.24) is 4.90 Å². The molecule has 2 aromatic carbocycles. The molecule has 0 spiro atoms. The number of ether oxygens (including phenoxy) is 1. The van der Waals surface area contributed by atoms with Crippen LogP contribution in [0.25, 0.3) is 0 Å². The Morgan fingerprint density at radius 3 is 2.67 bits per heavy atom. The molecule has 1 N–H and O–H groups in total. The smallest absolute Gasteiger partial charge is 0.255 e. The Kier molecular flexibility index (Phi) is 7.76. The van der Waals surface area contributed by atoms with E-state index in [0.29, 0.717) is 24.3 Å². The number of hydrogen-bond donors (Lipinski definition) is 1. The number of anilines is 1. The van der Waals surface area contributed by atoms with Gasteiger partial charge in [-0.05, 0) is 75.1 Å². The first-order valence-corrected chi connectivity index (χ1v) is 12.4. The van der Waals surface area contributed by atoms with Crippen molar-refractivity contribution in [2.45, 2.75) is 63.8 Å². The van der Waals surface area contributed by atoms with E-state index in [2.05, 4.69) is 28.9 Å². The van der Waals surface area contributed by atoms with Gasteiger partial charge in [0.15, 0.2) is 5.60 Å². The van der Waals surface area contributed by atoms with E-state index in [1.54, 1.807) is 12.1 Å². The summed E-state index contributed by atoms with van der Waals surface area (Å²) >= 11 is 0. The molecule has 2 heterocycles. The molecule has 0 radical (unpaired) electrons. The van der Waals surface area contributed by atoms with Crippen molar-refractivity contribution in [3.63, 3.8) is 0 Å². The van der Waals surface area contributed by atoms with Crippen LogP contribution in [0.2, 0.25) is 0 Å². The fourth-order valence-corrected chi connectivity index (χ4v) is 4.63. The van der Waals surface area contributed by atoms with Crippen LogP contribution < -0.4 is 9.64 Å². The highest BCUT2D eigenvalue weighted by Crippen LogP contribution is 2.30. The monoisotopic (exact) mass is 488 g/mol. The molecule has 1 saturated heterocycles. The molecule has 0 aromatic heterocycles. The summed E-state index contributed by atoms with van der Waals surface area (Å²) in [6.45, 7) is 5.75. The highest BCUT2D eigenvalue weighted by atomic mass is 16.5. The first-order valence-electron chi connectivity index (χ1n) is 12.4. The summed E-state index contributed by atoms with van der Waals surface area (Å²) < 4.78 is 6.17. The normalized spacial score (nSPS) is 16.7. The van der Waals surface area contributed by atoms with E-state index in [4.69, 9.17) is 4.74 Å². The molecule has 7 heteroatoms. The summed E-state index contributed by atoms with van der Waals surface area (Å²) in [4.78, 5) is 38.7. The van der Waals surface area contributed by atoms with Gasteiger partial charge in [0.25, 0.3) is 5.91 Å². The lowest BCUT2D eigenvalue weighted by molar-refractivity contribution is -0.112. The summed E-state index contributed by atoms with van der Waals surface area (Å²) in [5, 5.41) is 9.76. The van der Waals surface area contributed by atoms with E-state index in [1.165, 1.54) is 4.90 Å². The Bertz CT molecular complexity index is 1190. The summed E-state index contributed by atoms with van der Waals surface area (Å²) in [5.41, 5.74) is 2.55. The van der Waals surface area contributed by atoms with Gasteiger partial charge in [0, 0.05) is 42.9 Å². The summed E-state index contributed by atoms with van der Waals surface area (Å²) in [7, 11) is 0. The van der Waals surface area contributed by atoms with Crippen LogP contribution in [0.15, 0.2) is 42.5 Å². The molecule has 0 bridgehead atoms. The topological polar surface area (TPSA) is 87.2 Å². The first-order chi connectivity index (χ1) is 17.3. The fourth-order valence-electron chi connectivity index (χ4n) is 4.63. The average Bonchev–Trinajstić information content (AvgIpc) is 3.19. The maximum Gasteiger partial charge on any atom is 0.255 e. The number of rotatable bonds is 8. The fraction of sp³-hybridized carbons (Fsp3) is 0.414. The van der Waals surface area contributed by atoms with Gasteiger partial charge in [0.05, 0.1) is 12.1 Å². The molecule has 36 heavy (non-hydrogen) atoms. The molecule has 1 fully saturated rings. The highest BCUT2D eigenvalue weighted by molar-refractivity contribution is 5.99. The Morgan fingerprint density at radius 1 is 1.17 bits per heavy atom. The maximum absolute atomic E-state index is 12.8. The minimum Gasteiger partial charge on any atom is -0.475 e. The van der Waals surface area contributed by atoms with E-state index < -0.39 is 11.6 Å². The number of carbonyl (C=O) groups excluding carboxylic acids is 3. The lowest BCUT2D eigenvalue weighted by atomic mass is 10.1. The molecule has 188 valence electrons. The second-order valence-electron chi connectivity index (χ2n) is 9.83. The molecular formula is C29H32N2O5. The lowest BCUT2D eigenvalue weighted by Gasteiger charge is -2.31. The largest absolute Gasteiger partial charge is 0.475 e. The third-order valence-electron chi connectivity index (χ3n) is 6.60. The van der Waals surface area contributed by atoms with Gasteiger partial charge in [-0.1, -0.05) is 17.9 Å². The first kappa shape index (κ1) is 25.5. The van der Waals surface area contributed by atoms with E-state index in [9.17, 15) is 19.5 Å². The van der Waals surface area contributed by atoms with Crippen LogP contribution in [-0.2, 0) is 16.1 Å². The Labute approximate surface area is 212 Å².